The number of aliphatic carboxylic acids is 1. The Balaban J connectivity index is 1.62. The highest BCUT2D eigenvalue weighted by atomic mass is 35.5. The largest absolute Gasteiger partial charge is 0.480 e. The van der Waals surface area contributed by atoms with Crippen molar-refractivity contribution in [1.29, 1.82) is 0 Å². The Morgan fingerprint density at radius 1 is 1.45 bits per heavy atom. The van der Waals surface area contributed by atoms with Crippen LogP contribution in [0.25, 0.3) is 0 Å². The lowest BCUT2D eigenvalue weighted by Crippen LogP contribution is -2.34. The quantitative estimate of drug-likeness (QED) is 0.915. The molecule has 3 rings (SSSR count). The molecule has 3 heterocycles. The highest BCUT2D eigenvalue weighted by Gasteiger charge is 2.24. The summed E-state index contributed by atoms with van der Waals surface area (Å²) in [7, 11) is 0. The summed E-state index contributed by atoms with van der Waals surface area (Å²) in [6, 6.07) is 5.57. The van der Waals surface area contributed by atoms with Crippen LogP contribution in [0, 0.1) is 0 Å². The summed E-state index contributed by atoms with van der Waals surface area (Å²) >= 11 is 5.80. The van der Waals surface area contributed by atoms with Gasteiger partial charge in [0.25, 0.3) is 0 Å². The summed E-state index contributed by atoms with van der Waals surface area (Å²) < 4.78 is 6.89. The third kappa shape index (κ3) is 3.69. The van der Waals surface area contributed by atoms with Crippen LogP contribution in [0.1, 0.15) is 30.2 Å². The number of carboxylic acids is 1. The van der Waals surface area contributed by atoms with Crippen molar-refractivity contribution in [1.82, 2.24) is 14.7 Å². The second-order valence-corrected chi connectivity index (χ2v) is 5.98. The average Bonchev–Trinajstić information content (AvgIpc) is 3.08. The fourth-order valence-corrected chi connectivity index (χ4v) is 3.08. The number of hydrogen-bond acceptors (Lipinski definition) is 4. The first-order valence-corrected chi connectivity index (χ1v) is 7.69. The van der Waals surface area contributed by atoms with E-state index >= 15 is 0 Å². The second kappa shape index (κ2) is 6.54. The number of furan rings is 1. The number of rotatable bonds is 5. The molecule has 22 heavy (non-hydrogen) atoms. The van der Waals surface area contributed by atoms with Gasteiger partial charge in [0.1, 0.15) is 12.3 Å². The minimum Gasteiger partial charge on any atom is -0.480 e. The van der Waals surface area contributed by atoms with Gasteiger partial charge in [-0.25, -0.2) is 0 Å². The Hall–Kier alpha value is -1.79. The number of halogens is 1. The fraction of sp³-hybridized carbons (Fsp3) is 0.467. The maximum Gasteiger partial charge on any atom is 0.325 e. The molecule has 0 aromatic carbocycles. The Morgan fingerprint density at radius 2 is 2.32 bits per heavy atom. The van der Waals surface area contributed by atoms with Crippen molar-refractivity contribution in [2.45, 2.75) is 31.8 Å². The van der Waals surface area contributed by atoms with Crippen LogP contribution >= 0.6 is 11.6 Å². The Morgan fingerprint density at radius 3 is 3.05 bits per heavy atom. The molecule has 1 fully saturated rings. The molecule has 6 nitrogen and oxygen atoms in total. The molecule has 0 spiro atoms. The molecular weight excluding hydrogens is 306 g/mol. The highest BCUT2D eigenvalue weighted by molar-refractivity contribution is 6.28. The second-order valence-electron chi connectivity index (χ2n) is 5.61. The van der Waals surface area contributed by atoms with Gasteiger partial charge in [-0.05, 0) is 49.2 Å². The smallest absolute Gasteiger partial charge is 0.325 e. The first-order chi connectivity index (χ1) is 10.6. The lowest BCUT2D eigenvalue weighted by molar-refractivity contribution is -0.137. The van der Waals surface area contributed by atoms with Gasteiger partial charge in [-0.2, -0.15) is 5.10 Å². The maximum atomic E-state index is 10.7. The summed E-state index contributed by atoms with van der Waals surface area (Å²) in [6.07, 6.45) is 3.89. The Bertz CT molecular complexity index is 652. The zero-order valence-electron chi connectivity index (χ0n) is 12.1. The number of aromatic nitrogens is 2. The first-order valence-electron chi connectivity index (χ1n) is 7.32. The summed E-state index contributed by atoms with van der Waals surface area (Å²) in [5, 5.41) is 13.6. The van der Waals surface area contributed by atoms with Crippen LogP contribution in [0.3, 0.4) is 0 Å². The van der Waals surface area contributed by atoms with Gasteiger partial charge in [0.15, 0.2) is 5.22 Å². The third-order valence-corrected chi connectivity index (χ3v) is 4.09. The summed E-state index contributed by atoms with van der Waals surface area (Å²) in [4.78, 5) is 13.0. The van der Waals surface area contributed by atoms with E-state index in [1.807, 2.05) is 12.1 Å². The lowest BCUT2D eigenvalue weighted by atomic mass is 9.95. The number of nitrogens with zero attached hydrogens (tertiary/aromatic N) is 3. The predicted octanol–water partition coefficient (Wildman–Crippen LogP) is 2.59. The molecule has 0 radical (unpaired) electrons. The van der Waals surface area contributed by atoms with Gasteiger partial charge in [-0.3, -0.25) is 14.4 Å². The van der Waals surface area contributed by atoms with Crippen LogP contribution < -0.4 is 0 Å². The van der Waals surface area contributed by atoms with E-state index in [-0.39, 0.29) is 6.54 Å². The van der Waals surface area contributed by atoms with Crippen LogP contribution in [-0.2, 0) is 17.9 Å². The number of hydrogen-bond donors (Lipinski definition) is 1. The van der Waals surface area contributed by atoms with Crippen LogP contribution in [-0.4, -0.2) is 38.8 Å². The van der Waals surface area contributed by atoms with E-state index in [0.717, 1.165) is 43.9 Å². The van der Waals surface area contributed by atoms with Gasteiger partial charge < -0.3 is 9.52 Å². The highest BCUT2D eigenvalue weighted by Crippen LogP contribution is 2.27. The zero-order chi connectivity index (χ0) is 15.5. The standard InChI is InChI=1S/C15H18ClN3O3/c16-14-4-3-12(22-14)9-18-6-1-2-11(8-18)13-5-7-19(17-13)10-15(20)21/h3-5,7,11H,1-2,6,8-10H2,(H,20,21). The Kier molecular flexibility index (Phi) is 4.49. The molecule has 2 aromatic heterocycles. The molecule has 1 aliphatic rings. The molecule has 0 saturated carbocycles. The number of likely N-dealkylation sites (tertiary alicyclic amines) is 1. The molecule has 1 saturated heterocycles. The van der Waals surface area contributed by atoms with E-state index in [0.29, 0.717) is 11.1 Å². The molecule has 7 heteroatoms. The van der Waals surface area contributed by atoms with Crippen molar-refractivity contribution >= 4 is 17.6 Å². The van der Waals surface area contributed by atoms with Crippen LogP contribution in [0.4, 0.5) is 0 Å². The van der Waals surface area contributed by atoms with E-state index in [1.54, 1.807) is 12.3 Å². The van der Waals surface area contributed by atoms with Crippen molar-refractivity contribution in [2.24, 2.45) is 0 Å². The van der Waals surface area contributed by atoms with Gasteiger partial charge in [0.05, 0.1) is 12.2 Å². The minimum absolute atomic E-state index is 0.0959. The van der Waals surface area contributed by atoms with E-state index in [9.17, 15) is 4.79 Å². The molecule has 1 unspecified atom stereocenters. The molecule has 1 aliphatic heterocycles. The SMILES string of the molecule is O=C(O)Cn1ccc(C2CCCN(Cc3ccc(Cl)o3)C2)n1. The average molecular weight is 324 g/mol. The molecule has 0 amide bonds. The summed E-state index contributed by atoms with van der Waals surface area (Å²) in [6.45, 7) is 2.55. The van der Waals surface area contributed by atoms with E-state index in [2.05, 4.69) is 10.00 Å². The first kappa shape index (κ1) is 15.1. The maximum absolute atomic E-state index is 10.7. The number of piperidine rings is 1. The van der Waals surface area contributed by atoms with Crippen LogP contribution in [0.5, 0.6) is 0 Å². The van der Waals surface area contributed by atoms with Crippen LogP contribution in [0.2, 0.25) is 5.22 Å². The monoisotopic (exact) mass is 323 g/mol. The Labute approximate surface area is 133 Å². The zero-order valence-corrected chi connectivity index (χ0v) is 12.9. The molecule has 1 atom stereocenters. The molecule has 0 bridgehead atoms. The lowest BCUT2D eigenvalue weighted by Gasteiger charge is -2.31. The summed E-state index contributed by atoms with van der Waals surface area (Å²) in [5.74, 6) is 0.311. The van der Waals surface area contributed by atoms with Gasteiger partial charge in [-0.15, -0.1) is 0 Å². The van der Waals surface area contributed by atoms with Crippen molar-refractivity contribution in [2.75, 3.05) is 13.1 Å². The van der Waals surface area contributed by atoms with E-state index in [1.165, 1.54) is 4.68 Å². The summed E-state index contributed by atoms with van der Waals surface area (Å²) in [5.41, 5.74) is 0.962. The van der Waals surface area contributed by atoms with Crippen molar-refractivity contribution < 1.29 is 14.3 Å². The minimum atomic E-state index is -0.880. The third-order valence-electron chi connectivity index (χ3n) is 3.89. The van der Waals surface area contributed by atoms with E-state index < -0.39 is 5.97 Å². The molecule has 0 aliphatic carbocycles. The molecular formula is C15H18ClN3O3. The topological polar surface area (TPSA) is 71.5 Å². The van der Waals surface area contributed by atoms with Crippen molar-refractivity contribution in [3.05, 3.63) is 41.1 Å². The fourth-order valence-electron chi connectivity index (χ4n) is 2.92. The van der Waals surface area contributed by atoms with Gasteiger partial charge >= 0.3 is 5.97 Å². The number of carboxylic acid groups (broad SMARTS) is 1. The van der Waals surface area contributed by atoms with E-state index in [4.69, 9.17) is 21.1 Å². The van der Waals surface area contributed by atoms with Gasteiger partial charge in [0, 0.05) is 18.7 Å². The van der Waals surface area contributed by atoms with Crippen molar-refractivity contribution in [3.8, 4) is 0 Å². The van der Waals surface area contributed by atoms with Crippen molar-refractivity contribution in [3.63, 3.8) is 0 Å². The van der Waals surface area contributed by atoms with Crippen LogP contribution in [0.15, 0.2) is 28.8 Å². The predicted molar refractivity (Wildman–Crippen MR) is 80.8 cm³/mol. The van der Waals surface area contributed by atoms with Gasteiger partial charge in [-0.1, -0.05) is 0 Å². The van der Waals surface area contributed by atoms with Gasteiger partial charge in [0.2, 0.25) is 0 Å². The molecule has 1 N–H and O–H groups in total. The molecule has 118 valence electrons. The molecule has 2 aromatic rings. The normalized spacial score (nSPS) is 19.4. The number of carbonyl (C=O) groups is 1.